The van der Waals surface area contributed by atoms with E-state index in [1.165, 1.54) is 12.1 Å². The van der Waals surface area contributed by atoms with Gasteiger partial charge >= 0.3 is 0 Å². The number of aryl methyl sites for hydroxylation is 1. The second-order valence-electron chi connectivity index (χ2n) is 4.85. The number of rotatable bonds is 3. The summed E-state index contributed by atoms with van der Waals surface area (Å²) in [6.45, 7) is -0.205. The lowest BCUT2D eigenvalue weighted by atomic mass is 10.1. The summed E-state index contributed by atoms with van der Waals surface area (Å²) in [4.78, 5) is 11.5. The molecule has 0 saturated heterocycles. The molecule has 1 aliphatic rings. The maximum Gasteiger partial charge on any atom is 0.163 e. The van der Waals surface area contributed by atoms with Crippen LogP contribution in [0.25, 0.3) is 0 Å². The van der Waals surface area contributed by atoms with Gasteiger partial charge in [-0.15, -0.1) is 0 Å². The van der Waals surface area contributed by atoms with Gasteiger partial charge in [0.05, 0.1) is 10.0 Å². The minimum Gasteiger partial charge on any atom is -0.489 e. The van der Waals surface area contributed by atoms with E-state index >= 15 is 0 Å². The summed E-state index contributed by atoms with van der Waals surface area (Å²) < 4.78 is 33.1. The van der Waals surface area contributed by atoms with Crippen LogP contribution in [0.1, 0.15) is 27.9 Å². The standard InChI is InChI=1S/C16H11BrF2O2/c17-13-4-5-14(18)12(16(13)19)8-21-10-2-3-11-9(7-10)1-6-15(11)20/h2-5,7H,1,6,8H2. The van der Waals surface area contributed by atoms with E-state index in [-0.39, 0.29) is 22.4 Å². The highest BCUT2D eigenvalue weighted by Crippen LogP contribution is 2.27. The van der Waals surface area contributed by atoms with Gasteiger partial charge in [-0.2, -0.15) is 0 Å². The van der Waals surface area contributed by atoms with Gasteiger partial charge in [-0.1, -0.05) is 0 Å². The van der Waals surface area contributed by atoms with Crippen LogP contribution in [0.3, 0.4) is 0 Å². The molecule has 0 saturated carbocycles. The molecule has 0 unspecified atom stereocenters. The lowest BCUT2D eigenvalue weighted by molar-refractivity contribution is 0.0994. The first kappa shape index (κ1) is 14.2. The van der Waals surface area contributed by atoms with Gasteiger partial charge in [-0.25, -0.2) is 8.78 Å². The van der Waals surface area contributed by atoms with Crippen LogP contribution in [0.5, 0.6) is 5.75 Å². The van der Waals surface area contributed by atoms with Crippen LogP contribution in [-0.4, -0.2) is 5.78 Å². The summed E-state index contributed by atoms with van der Waals surface area (Å²) in [5.41, 5.74) is 1.51. The van der Waals surface area contributed by atoms with Gasteiger partial charge in [-0.3, -0.25) is 4.79 Å². The molecule has 0 N–H and O–H groups in total. The zero-order chi connectivity index (χ0) is 15.0. The molecule has 0 bridgehead atoms. The highest BCUT2D eigenvalue weighted by molar-refractivity contribution is 9.10. The Morgan fingerprint density at radius 3 is 2.76 bits per heavy atom. The Morgan fingerprint density at radius 1 is 1.14 bits per heavy atom. The highest BCUT2D eigenvalue weighted by Gasteiger charge is 2.20. The van der Waals surface area contributed by atoms with Crippen LogP contribution in [0.15, 0.2) is 34.8 Å². The topological polar surface area (TPSA) is 26.3 Å². The number of ketones is 1. The van der Waals surface area contributed by atoms with Gasteiger partial charge in [0.2, 0.25) is 0 Å². The summed E-state index contributed by atoms with van der Waals surface area (Å²) in [5.74, 6) is -0.679. The predicted octanol–water partition coefficient (Wildman–Crippen LogP) is 4.44. The first-order valence-corrected chi connectivity index (χ1v) is 7.27. The molecule has 1 aliphatic carbocycles. The van der Waals surface area contributed by atoms with Crippen molar-refractivity contribution in [2.75, 3.05) is 0 Å². The third kappa shape index (κ3) is 2.70. The van der Waals surface area contributed by atoms with Crippen LogP contribution in [-0.2, 0) is 13.0 Å². The van der Waals surface area contributed by atoms with Crippen LogP contribution in [0.4, 0.5) is 8.78 Å². The van der Waals surface area contributed by atoms with E-state index in [4.69, 9.17) is 4.74 Å². The second kappa shape index (κ2) is 5.56. The lowest BCUT2D eigenvalue weighted by Crippen LogP contribution is -2.03. The number of benzene rings is 2. The molecule has 2 aromatic rings. The highest BCUT2D eigenvalue weighted by atomic mass is 79.9. The Labute approximate surface area is 128 Å². The first-order valence-electron chi connectivity index (χ1n) is 6.47. The quantitative estimate of drug-likeness (QED) is 0.763. The van der Waals surface area contributed by atoms with Gasteiger partial charge in [0.25, 0.3) is 0 Å². The molecule has 0 fully saturated rings. The van der Waals surface area contributed by atoms with Crippen molar-refractivity contribution in [3.63, 3.8) is 0 Å². The van der Waals surface area contributed by atoms with Gasteiger partial charge in [-0.05, 0) is 58.2 Å². The van der Waals surface area contributed by atoms with Gasteiger partial charge in [0.1, 0.15) is 24.0 Å². The van der Waals surface area contributed by atoms with E-state index in [2.05, 4.69) is 15.9 Å². The monoisotopic (exact) mass is 352 g/mol. The van der Waals surface area contributed by atoms with Crippen LogP contribution >= 0.6 is 15.9 Å². The molecule has 2 aromatic carbocycles. The fraction of sp³-hybridized carbons (Fsp3) is 0.188. The zero-order valence-corrected chi connectivity index (χ0v) is 12.5. The third-order valence-corrected chi connectivity index (χ3v) is 4.13. The molecular formula is C16H11BrF2O2. The van der Waals surface area contributed by atoms with Gasteiger partial charge in [0, 0.05) is 12.0 Å². The van der Waals surface area contributed by atoms with Crippen molar-refractivity contribution in [1.29, 1.82) is 0 Å². The van der Waals surface area contributed by atoms with Crippen molar-refractivity contribution in [1.82, 2.24) is 0 Å². The third-order valence-electron chi connectivity index (χ3n) is 3.52. The summed E-state index contributed by atoms with van der Waals surface area (Å²) >= 11 is 3.02. The number of carbonyl (C=O) groups excluding carboxylic acids is 1. The van der Waals surface area contributed by atoms with Gasteiger partial charge in [0.15, 0.2) is 5.78 Å². The largest absolute Gasteiger partial charge is 0.489 e. The first-order chi connectivity index (χ1) is 10.1. The van der Waals surface area contributed by atoms with E-state index in [0.29, 0.717) is 24.2 Å². The SMILES string of the molecule is O=C1CCc2cc(OCc3c(F)ccc(Br)c3F)ccc21. The van der Waals surface area contributed by atoms with E-state index in [9.17, 15) is 13.6 Å². The number of fused-ring (bicyclic) bond motifs is 1. The normalized spacial score (nSPS) is 13.4. The molecule has 0 amide bonds. The zero-order valence-electron chi connectivity index (χ0n) is 11.0. The number of ether oxygens (including phenoxy) is 1. The Hall–Kier alpha value is -1.75. The molecule has 0 spiro atoms. The van der Waals surface area contributed by atoms with E-state index in [0.717, 1.165) is 5.56 Å². The number of hydrogen-bond donors (Lipinski definition) is 0. The minimum absolute atomic E-state index is 0.124. The minimum atomic E-state index is -0.661. The average molecular weight is 353 g/mol. The Balaban J connectivity index is 1.80. The fourth-order valence-corrected chi connectivity index (χ4v) is 2.75. The number of halogens is 3. The molecule has 0 aliphatic heterocycles. The number of carbonyl (C=O) groups is 1. The van der Waals surface area contributed by atoms with Crippen molar-refractivity contribution in [3.8, 4) is 5.75 Å². The summed E-state index contributed by atoms with van der Waals surface area (Å²) in [6.07, 6.45) is 1.19. The maximum absolute atomic E-state index is 13.8. The second-order valence-corrected chi connectivity index (χ2v) is 5.71. The molecule has 0 atom stereocenters. The molecule has 3 rings (SSSR count). The molecular weight excluding hydrogens is 342 g/mol. The summed E-state index contributed by atoms with van der Waals surface area (Å²) in [6, 6.07) is 7.61. The Bertz CT molecular complexity index is 728. The van der Waals surface area contributed by atoms with Crippen LogP contribution in [0, 0.1) is 11.6 Å². The summed E-state index contributed by atoms with van der Waals surface area (Å²) in [5, 5.41) is 0. The fourth-order valence-electron chi connectivity index (χ4n) is 2.38. The van der Waals surface area contributed by atoms with Crippen molar-refractivity contribution in [3.05, 3.63) is 63.1 Å². The maximum atomic E-state index is 13.8. The Kier molecular flexibility index (Phi) is 3.76. The molecule has 0 radical (unpaired) electrons. The van der Waals surface area contributed by atoms with E-state index in [1.54, 1.807) is 18.2 Å². The number of Topliss-reactive ketones (excluding diaryl/α,β-unsaturated/α-hetero) is 1. The molecule has 2 nitrogen and oxygen atoms in total. The average Bonchev–Trinajstić information content (AvgIpc) is 2.84. The molecule has 108 valence electrons. The van der Waals surface area contributed by atoms with Crippen molar-refractivity contribution < 1.29 is 18.3 Å². The summed E-state index contributed by atoms with van der Waals surface area (Å²) in [7, 11) is 0. The Morgan fingerprint density at radius 2 is 1.95 bits per heavy atom. The lowest BCUT2D eigenvalue weighted by Gasteiger charge is -2.10. The molecule has 0 aromatic heterocycles. The molecule has 5 heteroatoms. The van der Waals surface area contributed by atoms with E-state index in [1.807, 2.05) is 0 Å². The van der Waals surface area contributed by atoms with Crippen molar-refractivity contribution in [2.24, 2.45) is 0 Å². The van der Waals surface area contributed by atoms with Crippen LogP contribution < -0.4 is 4.74 Å². The predicted molar refractivity (Wildman–Crippen MR) is 77.5 cm³/mol. The van der Waals surface area contributed by atoms with Crippen LogP contribution in [0.2, 0.25) is 0 Å². The smallest absolute Gasteiger partial charge is 0.163 e. The van der Waals surface area contributed by atoms with Crippen molar-refractivity contribution in [2.45, 2.75) is 19.4 Å². The van der Waals surface area contributed by atoms with Crippen molar-refractivity contribution >= 4 is 21.7 Å². The molecule has 21 heavy (non-hydrogen) atoms. The van der Waals surface area contributed by atoms with Gasteiger partial charge < -0.3 is 4.74 Å². The molecule has 0 heterocycles. The van der Waals surface area contributed by atoms with E-state index < -0.39 is 11.6 Å². The number of hydrogen-bond acceptors (Lipinski definition) is 2.